The fourth-order valence-corrected chi connectivity index (χ4v) is 6.28. The monoisotopic (exact) mass is 554 g/mol. The molecule has 3 heterocycles. The molecule has 1 saturated carbocycles. The van der Waals surface area contributed by atoms with E-state index < -0.39 is 10.0 Å². The Balaban J connectivity index is 1.32. The van der Waals surface area contributed by atoms with Gasteiger partial charge in [0, 0.05) is 29.8 Å². The highest BCUT2D eigenvalue weighted by atomic mass is 32.2. The molecule has 0 unspecified atom stereocenters. The van der Waals surface area contributed by atoms with Gasteiger partial charge in [0.1, 0.15) is 17.2 Å². The number of nitrogens with zero attached hydrogens (tertiary/aromatic N) is 2. The number of hydrogen-bond acceptors (Lipinski definition) is 10. The second kappa shape index (κ2) is 9.97. The summed E-state index contributed by atoms with van der Waals surface area (Å²) in [4.78, 5) is -0.124. The molecule has 0 amide bonds. The lowest BCUT2D eigenvalue weighted by Gasteiger charge is -2.18. The van der Waals surface area contributed by atoms with Crippen molar-refractivity contribution in [1.82, 2.24) is 20.7 Å². The van der Waals surface area contributed by atoms with Crippen LogP contribution in [0.2, 0.25) is 0 Å². The zero-order valence-corrected chi connectivity index (χ0v) is 22.6. The summed E-state index contributed by atoms with van der Waals surface area (Å²) in [6, 6.07) is 8.88. The maximum absolute atomic E-state index is 13.6. The second-order valence-electron chi connectivity index (χ2n) is 9.70. The van der Waals surface area contributed by atoms with Crippen LogP contribution < -0.4 is 29.6 Å². The minimum atomic E-state index is -4.19. The quantitative estimate of drug-likeness (QED) is 0.222. The molecule has 2 fully saturated rings. The van der Waals surface area contributed by atoms with Gasteiger partial charge in [-0.2, -0.15) is 5.10 Å². The minimum Gasteiger partial charge on any atom is -0.495 e. The van der Waals surface area contributed by atoms with Crippen LogP contribution in [0.25, 0.3) is 11.0 Å². The van der Waals surface area contributed by atoms with Crippen molar-refractivity contribution in [3.8, 4) is 17.2 Å². The van der Waals surface area contributed by atoms with Crippen molar-refractivity contribution in [2.75, 3.05) is 37.9 Å². The van der Waals surface area contributed by atoms with Gasteiger partial charge in [0.15, 0.2) is 22.1 Å². The van der Waals surface area contributed by atoms with Crippen molar-refractivity contribution in [3.05, 3.63) is 41.6 Å². The summed E-state index contributed by atoms with van der Waals surface area (Å²) in [7, 11) is 0.193. The maximum atomic E-state index is 13.6. The molecule has 2 aromatic heterocycles. The van der Waals surface area contributed by atoms with Crippen molar-refractivity contribution in [1.29, 1.82) is 0 Å². The summed E-state index contributed by atoms with van der Waals surface area (Å²) < 4.78 is 51.9. The molecule has 1 atom stereocenters. The highest BCUT2D eigenvalue weighted by Gasteiger charge is 2.30. The van der Waals surface area contributed by atoms with Crippen molar-refractivity contribution in [2.24, 2.45) is 0 Å². The van der Waals surface area contributed by atoms with Crippen molar-refractivity contribution < 1.29 is 27.2 Å². The van der Waals surface area contributed by atoms with E-state index in [4.69, 9.17) is 18.7 Å². The third kappa shape index (κ3) is 4.83. The Morgan fingerprint density at radius 1 is 0.974 bits per heavy atom. The average molecular weight is 555 g/mol. The van der Waals surface area contributed by atoms with Gasteiger partial charge in [0.05, 0.1) is 32.4 Å². The van der Waals surface area contributed by atoms with Gasteiger partial charge >= 0.3 is 0 Å². The van der Waals surface area contributed by atoms with Gasteiger partial charge in [0.2, 0.25) is 0 Å². The zero-order chi connectivity index (χ0) is 27.1. The lowest BCUT2D eigenvalue weighted by atomic mass is 10.0. The van der Waals surface area contributed by atoms with Crippen LogP contribution in [0.4, 0.5) is 17.3 Å². The first-order valence-electron chi connectivity index (χ1n) is 12.7. The van der Waals surface area contributed by atoms with Crippen molar-refractivity contribution in [3.63, 3.8) is 0 Å². The molecule has 12 nitrogen and oxygen atoms in total. The van der Waals surface area contributed by atoms with Gasteiger partial charge in [-0.3, -0.25) is 9.82 Å². The SMILES string of the molecule is COc1cc2c(NS(=O)(=O)c3c(OC)cc([C@@H]4CCCN4)cc3OC)noc2cc1Nc1cc(C2CC2)[nH]n1. The molecule has 4 aromatic rings. The van der Waals surface area contributed by atoms with Crippen LogP contribution in [0.1, 0.15) is 48.9 Å². The summed E-state index contributed by atoms with van der Waals surface area (Å²) in [6.07, 6.45) is 4.31. The van der Waals surface area contributed by atoms with E-state index in [-0.39, 0.29) is 28.3 Å². The van der Waals surface area contributed by atoms with E-state index in [1.165, 1.54) is 21.3 Å². The lowest BCUT2D eigenvalue weighted by molar-refractivity contribution is 0.371. The maximum Gasteiger partial charge on any atom is 0.270 e. The summed E-state index contributed by atoms with van der Waals surface area (Å²) >= 11 is 0. The fourth-order valence-electron chi connectivity index (χ4n) is 4.96. The van der Waals surface area contributed by atoms with Gasteiger partial charge < -0.3 is 29.4 Å². The Morgan fingerprint density at radius 2 is 1.72 bits per heavy atom. The number of ether oxygens (including phenoxy) is 3. The van der Waals surface area contributed by atoms with E-state index >= 15 is 0 Å². The third-order valence-corrected chi connectivity index (χ3v) is 8.52. The van der Waals surface area contributed by atoms with Crippen LogP contribution in [0, 0.1) is 0 Å². The second-order valence-corrected chi connectivity index (χ2v) is 11.3. The van der Waals surface area contributed by atoms with E-state index in [9.17, 15) is 8.42 Å². The summed E-state index contributed by atoms with van der Waals surface area (Å²) in [6.45, 7) is 0.903. The third-order valence-electron chi connectivity index (χ3n) is 7.12. The van der Waals surface area contributed by atoms with Crippen LogP contribution in [0.15, 0.2) is 39.8 Å². The van der Waals surface area contributed by atoms with Gasteiger partial charge in [-0.15, -0.1) is 0 Å². The van der Waals surface area contributed by atoms with E-state index in [1.807, 2.05) is 6.07 Å². The van der Waals surface area contributed by atoms with Gasteiger partial charge in [0.25, 0.3) is 10.0 Å². The standard InChI is InChI=1S/C26H30N6O6S/c1-35-21-11-16-20(12-19(21)28-24-13-18(29-30-24)14-6-7-14)38-31-26(16)32-39(33,34)25-22(36-2)9-15(10-23(25)37-3)17-5-4-8-27-17/h9-14,17,27H,4-8H2,1-3H3,(H,31,32)(H2,28,29,30)/t17-/m0/s1. The van der Waals surface area contributed by atoms with Gasteiger partial charge in [-0.1, -0.05) is 5.16 Å². The smallest absolute Gasteiger partial charge is 0.270 e. The molecule has 1 aliphatic carbocycles. The van der Waals surface area contributed by atoms with E-state index in [0.29, 0.717) is 34.1 Å². The molecular formula is C26H30N6O6S. The number of H-pyrrole nitrogens is 1. The minimum absolute atomic E-state index is 0.0104. The number of fused-ring (bicyclic) bond motifs is 1. The van der Waals surface area contributed by atoms with Crippen molar-refractivity contribution >= 4 is 38.3 Å². The van der Waals surface area contributed by atoms with Crippen LogP contribution in [0.3, 0.4) is 0 Å². The van der Waals surface area contributed by atoms with Crippen molar-refractivity contribution in [2.45, 2.75) is 42.5 Å². The molecule has 1 aliphatic heterocycles. The molecule has 0 bridgehead atoms. The normalized spacial score (nSPS) is 17.4. The Hall–Kier alpha value is -3.97. The number of benzene rings is 2. The Bertz CT molecular complexity index is 1600. The molecule has 4 N–H and O–H groups in total. The summed E-state index contributed by atoms with van der Waals surface area (Å²) in [5.41, 5.74) is 2.95. The zero-order valence-electron chi connectivity index (χ0n) is 21.8. The van der Waals surface area contributed by atoms with Crippen LogP contribution in [-0.2, 0) is 10.0 Å². The number of aromatic nitrogens is 3. The predicted octanol–water partition coefficient (Wildman–Crippen LogP) is 4.42. The molecule has 39 heavy (non-hydrogen) atoms. The first-order chi connectivity index (χ1) is 18.9. The molecule has 0 radical (unpaired) electrons. The van der Waals surface area contributed by atoms with Crippen LogP contribution >= 0.6 is 0 Å². The lowest BCUT2D eigenvalue weighted by Crippen LogP contribution is -2.17. The molecule has 6 rings (SSSR count). The van der Waals surface area contributed by atoms with Crippen LogP contribution in [-0.4, -0.2) is 51.6 Å². The van der Waals surface area contributed by atoms with E-state index in [1.54, 1.807) is 24.3 Å². The number of anilines is 3. The Labute approximate surface area is 225 Å². The molecular weight excluding hydrogens is 524 g/mol. The van der Waals surface area contributed by atoms with E-state index in [0.717, 1.165) is 43.5 Å². The van der Waals surface area contributed by atoms with Gasteiger partial charge in [-0.05, 0) is 56.0 Å². The van der Waals surface area contributed by atoms with Gasteiger partial charge in [-0.25, -0.2) is 8.42 Å². The Kier molecular flexibility index (Phi) is 6.47. The molecule has 2 aromatic carbocycles. The first-order valence-corrected chi connectivity index (χ1v) is 14.2. The molecule has 13 heteroatoms. The number of rotatable bonds is 10. The number of sulfonamides is 1. The molecule has 2 aliphatic rings. The van der Waals surface area contributed by atoms with Crippen LogP contribution in [0.5, 0.6) is 17.2 Å². The summed E-state index contributed by atoms with van der Waals surface area (Å²) in [5.74, 6) is 2.00. The highest BCUT2D eigenvalue weighted by molar-refractivity contribution is 7.93. The number of aromatic amines is 1. The average Bonchev–Trinajstić information content (AvgIpc) is 3.29. The molecule has 206 valence electrons. The first kappa shape index (κ1) is 25.3. The highest BCUT2D eigenvalue weighted by Crippen LogP contribution is 2.42. The predicted molar refractivity (Wildman–Crippen MR) is 145 cm³/mol. The molecule has 1 saturated heterocycles. The van der Waals surface area contributed by atoms with E-state index in [2.05, 4.69) is 30.7 Å². The molecule has 0 spiro atoms. The fraction of sp³-hybridized carbons (Fsp3) is 0.385. The Morgan fingerprint density at radius 3 is 2.36 bits per heavy atom. The number of hydrogen-bond donors (Lipinski definition) is 4. The summed E-state index contributed by atoms with van der Waals surface area (Å²) in [5, 5.41) is 18.4. The number of methoxy groups -OCH3 is 3. The number of nitrogens with one attached hydrogen (secondary N) is 4. The topological polar surface area (TPSA) is 153 Å². The largest absolute Gasteiger partial charge is 0.495 e.